The number of rotatable bonds is 4. The lowest BCUT2D eigenvalue weighted by Gasteiger charge is -2.13. The van der Waals surface area contributed by atoms with Crippen LogP contribution in [0.5, 0.6) is 0 Å². The molecule has 0 bridgehead atoms. The third kappa shape index (κ3) is 4.50. The maximum atomic E-state index is 6.18. The van der Waals surface area contributed by atoms with Crippen molar-refractivity contribution in [1.29, 1.82) is 0 Å². The van der Waals surface area contributed by atoms with Crippen molar-refractivity contribution in [1.82, 2.24) is 0 Å². The van der Waals surface area contributed by atoms with Crippen LogP contribution in [0.25, 0.3) is 0 Å². The second-order valence-electron chi connectivity index (χ2n) is 4.53. The minimum absolute atomic E-state index is 0.0415. The van der Waals surface area contributed by atoms with Gasteiger partial charge in [-0.05, 0) is 48.2 Å². The Morgan fingerprint density at radius 3 is 2.32 bits per heavy atom. The van der Waals surface area contributed by atoms with Crippen LogP contribution in [0.15, 0.2) is 46.9 Å². The van der Waals surface area contributed by atoms with Crippen molar-refractivity contribution in [2.75, 3.05) is 0 Å². The predicted octanol–water partition coefficient (Wildman–Crippen LogP) is 4.87. The summed E-state index contributed by atoms with van der Waals surface area (Å²) < 4.78 is 1.07. The Labute approximate surface area is 131 Å². The summed E-state index contributed by atoms with van der Waals surface area (Å²) >= 11 is 15.4. The van der Waals surface area contributed by atoms with Crippen LogP contribution in [-0.4, -0.2) is 6.04 Å². The standard InChI is InChI=1S/C15H14BrCl2N/c16-12-4-1-10(2-5-12)7-14(19)8-11-3-6-13(17)9-15(11)18/h1-6,9,14H,7-8,19H2. The lowest BCUT2D eigenvalue weighted by Crippen LogP contribution is -2.25. The third-order valence-electron chi connectivity index (χ3n) is 2.91. The molecule has 0 saturated heterocycles. The molecule has 2 aromatic carbocycles. The number of hydrogen-bond acceptors (Lipinski definition) is 1. The highest BCUT2D eigenvalue weighted by Crippen LogP contribution is 2.22. The van der Waals surface area contributed by atoms with Crippen LogP contribution in [0, 0.1) is 0 Å². The summed E-state index contributed by atoms with van der Waals surface area (Å²) in [6, 6.07) is 13.8. The molecule has 0 aliphatic rings. The van der Waals surface area contributed by atoms with Gasteiger partial charge in [-0.2, -0.15) is 0 Å². The lowest BCUT2D eigenvalue weighted by atomic mass is 10.00. The summed E-state index contributed by atoms with van der Waals surface area (Å²) in [6.07, 6.45) is 1.57. The van der Waals surface area contributed by atoms with Gasteiger partial charge in [-0.1, -0.05) is 57.3 Å². The van der Waals surface area contributed by atoms with Crippen molar-refractivity contribution in [2.24, 2.45) is 5.73 Å². The molecule has 19 heavy (non-hydrogen) atoms. The van der Waals surface area contributed by atoms with Gasteiger partial charge in [0.1, 0.15) is 0 Å². The Kier molecular flexibility index (Phi) is 5.28. The van der Waals surface area contributed by atoms with E-state index in [2.05, 4.69) is 28.1 Å². The van der Waals surface area contributed by atoms with Crippen molar-refractivity contribution < 1.29 is 0 Å². The zero-order valence-electron chi connectivity index (χ0n) is 10.2. The zero-order valence-corrected chi connectivity index (χ0v) is 13.3. The summed E-state index contributed by atoms with van der Waals surface area (Å²) in [5.41, 5.74) is 8.44. The van der Waals surface area contributed by atoms with Crippen molar-refractivity contribution in [3.63, 3.8) is 0 Å². The third-order valence-corrected chi connectivity index (χ3v) is 4.02. The highest BCUT2D eigenvalue weighted by molar-refractivity contribution is 9.10. The molecule has 4 heteroatoms. The van der Waals surface area contributed by atoms with Crippen molar-refractivity contribution in [3.05, 3.63) is 68.1 Å². The summed E-state index contributed by atoms with van der Waals surface area (Å²) in [4.78, 5) is 0. The Hall–Kier alpha value is -0.540. The van der Waals surface area contributed by atoms with Crippen LogP contribution < -0.4 is 5.73 Å². The first kappa shape index (κ1) is 14.9. The van der Waals surface area contributed by atoms with Crippen molar-refractivity contribution in [2.45, 2.75) is 18.9 Å². The summed E-state index contributed by atoms with van der Waals surface area (Å²) in [5, 5.41) is 1.33. The van der Waals surface area contributed by atoms with Crippen LogP contribution in [0.2, 0.25) is 10.0 Å². The average Bonchev–Trinajstić information content (AvgIpc) is 2.36. The van der Waals surface area contributed by atoms with Gasteiger partial charge in [0.2, 0.25) is 0 Å². The van der Waals surface area contributed by atoms with Gasteiger partial charge in [0.25, 0.3) is 0 Å². The lowest BCUT2D eigenvalue weighted by molar-refractivity contribution is 0.665. The van der Waals surface area contributed by atoms with Gasteiger partial charge in [-0.15, -0.1) is 0 Å². The minimum Gasteiger partial charge on any atom is -0.327 e. The van der Waals surface area contributed by atoms with Gasteiger partial charge >= 0.3 is 0 Å². The summed E-state index contributed by atoms with van der Waals surface area (Å²) in [6.45, 7) is 0. The molecule has 0 amide bonds. The fraction of sp³-hybridized carbons (Fsp3) is 0.200. The molecule has 0 aromatic heterocycles. The van der Waals surface area contributed by atoms with E-state index in [0.717, 1.165) is 22.9 Å². The zero-order chi connectivity index (χ0) is 13.8. The van der Waals surface area contributed by atoms with E-state index in [-0.39, 0.29) is 6.04 Å². The molecule has 1 nitrogen and oxygen atoms in total. The first-order valence-electron chi connectivity index (χ1n) is 5.98. The van der Waals surface area contributed by atoms with E-state index in [9.17, 15) is 0 Å². The fourth-order valence-electron chi connectivity index (χ4n) is 1.97. The van der Waals surface area contributed by atoms with Gasteiger partial charge in [-0.3, -0.25) is 0 Å². The van der Waals surface area contributed by atoms with Crippen molar-refractivity contribution in [3.8, 4) is 0 Å². The molecule has 0 spiro atoms. The Morgan fingerprint density at radius 1 is 1.00 bits per heavy atom. The first-order valence-corrected chi connectivity index (χ1v) is 7.53. The molecule has 0 radical (unpaired) electrons. The van der Waals surface area contributed by atoms with Gasteiger partial charge in [0.15, 0.2) is 0 Å². The number of halogens is 3. The second kappa shape index (κ2) is 6.76. The minimum atomic E-state index is 0.0415. The molecule has 0 aliphatic carbocycles. The van der Waals surface area contributed by atoms with Crippen LogP contribution in [-0.2, 0) is 12.8 Å². The largest absolute Gasteiger partial charge is 0.327 e. The molecule has 0 aliphatic heterocycles. The quantitative estimate of drug-likeness (QED) is 0.828. The van der Waals surface area contributed by atoms with E-state index in [1.165, 1.54) is 5.56 Å². The van der Waals surface area contributed by atoms with E-state index >= 15 is 0 Å². The topological polar surface area (TPSA) is 26.0 Å². The first-order chi connectivity index (χ1) is 9.04. The van der Waals surface area contributed by atoms with E-state index in [1.807, 2.05) is 24.3 Å². The number of nitrogens with two attached hydrogens (primary N) is 1. The maximum absolute atomic E-state index is 6.18. The van der Waals surface area contributed by atoms with E-state index in [0.29, 0.717) is 10.0 Å². The van der Waals surface area contributed by atoms with E-state index < -0.39 is 0 Å². The van der Waals surface area contributed by atoms with Crippen LogP contribution in [0.3, 0.4) is 0 Å². The molecule has 2 aromatic rings. The van der Waals surface area contributed by atoms with Gasteiger partial charge < -0.3 is 5.73 Å². The van der Waals surface area contributed by atoms with E-state index in [1.54, 1.807) is 6.07 Å². The molecular weight excluding hydrogens is 345 g/mol. The summed E-state index contributed by atoms with van der Waals surface area (Å²) in [7, 11) is 0. The van der Waals surface area contributed by atoms with Crippen LogP contribution in [0.4, 0.5) is 0 Å². The number of hydrogen-bond donors (Lipinski definition) is 1. The normalized spacial score (nSPS) is 12.4. The molecule has 1 atom stereocenters. The average molecular weight is 359 g/mol. The highest BCUT2D eigenvalue weighted by Gasteiger charge is 2.09. The molecule has 100 valence electrons. The SMILES string of the molecule is NC(Cc1ccc(Br)cc1)Cc1ccc(Cl)cc1Cl. The Bertz CT molecular complexity index is 555. The fourth-order valence-corrected chi connectivity index (χ4v) is 2.72. The summed E-state index contributed by atoms with van der Waals surface area (Å²) in [5.74, 6) is 0. The number of benzene rings is 2. The smallest absolute Gasteiger partial charge is 0.0453 e. The second-order valence-corrected chi connectivity index (χ2v) is 6.29. The molecule has 1 unspecified atom stereocenters. The van der Waals surface area contributed by atoms with E-state index in [4.69, 9.17) is 28.9 Å². The van der Waals surface area contributed by atoms with Gasteiger partial charge in [0.05, 0.1) is 0 Å². The van der Waals surface area contributed by atoms with Crippen LogP contribution >= 0.6 is 39.1 Å². The molecule has 0 heterocycles. The maximum Gasteiger partial charge on any atom is 0.0453 e. The predicted molar refractivity (Wildman–Crippen MR) is 86.0 cm³/mol. The van der Waals surface area contributed by atoms with Crippen molar-refractivity contribution >= 4 is 39.1 Å². The molecular formula is C15H14BrCl2N. The Balaban J connectivity index is 2.01. The molecule has 0 saturated carbocycles. The van der Waals surface area contributed by atoms with Crippen LogP contribution in [0.1, 0.15) is 11.1 Å². The van der Waals surface area contributed by atoms with Gasteiger partial charge in [-0.25, -0.2) is 0 Å². The van der Waals surface area contributed by atoms with Gasteiger partial charge in [0, 0.05) is 20.6 Å². The highest BCUT2D eigenvalue weighted by atomic mass is 79.9. The molecule has 2 N–H and O–H groups in total. The molecule has 0 fully saturated rings. The Morgan fingerprint density at radius 2 is 1.68 bits per heavy atom. The monoisotopic (exact) mass is 357 g/mol. The molecule has 2 rings (SSSR count).